The first-order valence-corrected chi connectivity index (χ1v) is 10.2. The normalized spacial score (nSPS) is 11.9. The van der Waals surface area contributed by atoms with E-state index < -0.39 is 6.10 Å². The lowest BCUT2D eigenvalue weighted by molar-refractivity contribution is -0.127. The molecule has 0 saturated carbocycles. The summed E-state index contributed by atoms with van der Waals surface area (Å²) in [5, 5.41) is 2.97. The summed E-state index contributed by atoms with van der Waals surface area (Å²) in [6.45, 7) is 10.7. The minimum Gasteiger partial charge on any atom is -0.481 e. The summed E-state index contributed by atoms with van der Waals surface area (Å²) in [7, 11) is 0. The van der Waals surface area contributed by atoms with Crippen molar-refractivity contribution >= 4 is 17.7 Å². The van der Waals surface area contributed by atoms with Crippen molar-refractivity contribution in [3.05, 3.63) is 64.2 Å². The van der Waals surface area contributed by atoms with Crippen molar-refractivity contribution in [1.29, 1.82) is 0 Å². The number of amides is 1. The van der Waals surface area contributed by atoms with E-state index in [2.05, 4.69) is 49.5 Å². The maximum absolute atomic E-state index is 12.3. The number of aryl methyl sites for hydroxylation is 3. The average Bonchev–Trinajstić information content (AvgIpc) is 2.60. The molecule has 2 aromatic carbocycles. The van der Waals surface area contributed by atoms with Crippen LogP contribution in [0.15, 0.2) is 36.4 Å². The van der Waals surface area contributed by atoms with E-state index in [1.807, 2.05) is 31.7 Å². The molecule has 140 valence electrons. The van der Waals surface area contributed by atoms with Crippen molar-refractivity contribution in [3.8, 4) is 5.75 Å². The minimum atomic E-state index is -0.503. The monoisotopic (exact) mass is 371 g/mol. The van der Waals surface area contributed by atoms with Gasteiger partial charge in [0.2, 0.25) is 0 Å². The summed E-state index contributed by atoms with van der Waals surface area (Å²) in [5.74, 6) is 2.57. The molecule has 3 nitrogen and oxygen atoms in total. The highest BCUT2D eigenvalue weighted by Gasteiger charge is 2.16. The SMILES string of the molecule is Cc1cc(C)c(C)c(O[C@@H](C)C(=O)NCCSCc2ccccc2C)c1. The van der Waals surface area contributed by atoms with E-state index in [-0.39, 0.29) is 5.91 Å². The summed E-state index contributed by atoms with van der Waals surface area (Å²) in [5.41, 5.74) is 6.08. The highest BCUT2D eigenvalue weighted by atomic mass is 32.2. The van der Waals surface area contributed by atoms with E-state index in [0.717, 1.165) is 28.4 Å². The molecule has 0 aliphatic rings. The molecule has 4 heteroatoms. The van der Waals surface area contributed by atoms with Crippen molar-refractivity contribution < 1.29 is 9.53 Å². The van der Waals surface area contributed by atoms with Crippen LogP contribution in [0.2, 0.25) is 0 Å². The molecule has 1 amide bonds. The lowest BCUT2D eigenvalue weighted by atomic mass is 10.1. The van der Waals surface area contributed by atoms with Crippen LogP contribution >= 0.6 is 11.8 Å². The predicted molar refractivity (Wildman–Crippen MR) is 111 cm³/mol. The Bertz CT molecular complexity index is 758. The number of hydrogen-bond donors (Lipinski definition) is 1. The molecule has 0 fully saturated rings. The Balaban J connectivity index is 1.75. The molecular weight excluding hydrogens is 342 g/mol. The van der Waals surface area contributed by atoms with Crippen molar-refractivity contribution in [2.45, 2.75) is 46.5 Å². The lowest BCUT2D eigenvalue weighted by Crippen LogP contribution is -2.37. The van der Waals surface area contributed by atoms with Gasteiger partial charge < -0.3 is 10.1 Å². The average molecular weight is 372 g/mol. The van der Waals surface area contributed by atoms with Crippen molar-refractivity contribution in [3.63, 3.8) is 0 Å². The Kier molecular flexibility index (Phi) is 7.58. The maximum Gasteiger partial charge on any atom is 0.260 e. The first-order valence-electron chi connectivity index (χ1n) is 9.03. The number of carbonyl (C=O) groups excluding carboxylic acids is 1. The summed E-state index contributed by atoms with van der Waals surface area (Å²) in [6.07, 6.45) is -0.503. The molecule has 0 bridgehead atoms. The second kappa shape index (κ2) is 9.67. The minimum absolute atomic E-state index is 0.0694. The maximum atomic E-state index is 12.3. The van der Waals surface area contributed by atoms with E-state index in [4.69, 9.17) is 4.74 Å². The third kappa shape index (κ3) is 5.80. The fourth-order valence-corrected chi connectivity index (χ4v) is 3.65. The Morgan fingerprint density at radius 1 is 1.12 bits per heavy atom. The Labute approximate surface area is 161 Å². The molecule has 0 unspecified atom stereocenters. The van der Waals surface area contributed by atoms with Crippen molar-refractivity contribution in [2.24, 2.45) is 0 Å². The van der Waals surface area contributed by atoms with E-state index in [9.17, 15) is 4.79 Å². The summed E-state index contributed by atoms with van der Waals surface area (Å²) >= 11 is 1.83. The molecule has 0 aromatic heterocycles. The first kappa shape index (κ1) is 20.4. The topological polar surface area (TPSA) is 38.3 Å². The van der Waals surface area contributed by atoms with Gasteiger partial charge in [0.15, 0.2) is 6.10 Å². The molecule has 0 saturated heterocycles. The van der Waals surface area contributed by atoms with Gasteiger partial charge in [0.1, 0.15) is 5.75 Å². The lowest BCUT2D eigenvalue weighted by Gasteiger charge is -2.18. The smallest absolute Gasteiger partial charge is 0.260 e. The van der Waals surface area contributed by atoms with E-state index in [1.165, 1.54) is 16.7 Å². The van der Waals surface area contributed by atoms with Crippen LogP contribution in [-0.4, -0.2) is 24.3 Å². The van der Waals surface area contributed by atoms with Gasteiger partial charge in [0.25, 0.3) is 5.91 Å². The van der Waals surface area contributed by atoms with Gasteiger partial charge in [-0.3, -0.25) is 4.79 Å². The van der Waals surface area contributed by atoms with Crippen LogP contribution in [0.25, 0.3) is 0 Å². The Morgan fingerprint density at radius 2 is 1.85 bits per heavy atom. The number of rotatable bonds is 8. The zero-order valence-electron chi connectivity index (χ0n) is 16.4. The third-order valence-corrected chi connectivity index (χ3v) is 5.51. The van der Waals surface area contributed by atoms with Gasteiger partial charge in [-0.2, -0.15) is 11.8 Å². The second-order valence-corrected chi connectivity index (χ2v) is 7.84. The zero-order valence-corrected chi connectivity index (χ0v) is 17.2. The number of nitrogens with one attached hydrogen (secondary N) is 1. The van der Waals surface area contributed by atoms with Crippen LogP contribution in [0.4, 0.5) is 0 Å². The van der Waals surface area contributed by atoms with Gasteiger partial charge in [0, 0.05) is 18.1 Å². The number of benzene rings is 2. The van der Waals surface area contributed by atoms with Gasteiger partial charge in [-0.15, -0.1) is 0 Å². The van der Waals surface area contributed by atoms with Crippen LogP contribution in [0.1, 0.15) is 34.7 Å². The Hall–Kier alpha value is -1.94. The van der Waals surface area contributed by atoms with Gasteiger partial charge in [-0.05, 0) is 68.5 Å². The van der Waals surface area contributed by atoms with Gasteiger partial charge in [0.05, 0.1) is 0 Å². The predicted octanol–water partition coefficient (Wildman–Crippen LogP) is 4.74. The molecule has 0 aliphatic carbocycles. The highest BCUT2D eigenvalue weighted by molar-refractivity contribution is 7.98. The summed E-state index contributed by atoms with van der Waals surface area (Å²) < 4.78 is 5.89. The molecule has 0 spiro atoms. The molecule has 1 N–H and O–H groups in total. The fraction of sp³-hybridized carbons (Fsp3) is 0.409. The van der Waals surface area contributed by atoms with Crippen LogP contribution in [0.3, 0.4) is 0 Å². The highest BCUT2D eigenvalue weighted by Crippen LogP contribution is 2.24. The van der Waals surface area contributed by atoms with E-state index in [0.29, 0.717) is 6.54 Å². The molecule has 2 aromatic rings. The molecular formula is C22H29NO2S. The zero-order chi connectivity index (χ0) is 19.1. The standard InChI is InChI=1S/C22H29NO2S/c1-15-12-17(3)18(4)21(13-15)25-19(5)22(24)23-10-11-26-14-20-9-7-6-8-16(20)2/h6-9,12-13,19H,10-11,14H2,1-5H3,(H,23,24)/t19-/m0/s1. The second-order valence-electron chi connectivity index (χ2n) is 6.74. The fourth-order valence-electron chi connectivity index (χ4n) is 2.71. The molecule has 0 radical (unpaired) electrons. The number of ether oxygens (including phenoxy) is 1. The van der Waals surface area contributed by atoms with Gasteiger partial charge >= 0.3 is 0 Å². The van der Waals surface area contributed by atoms with Gasteiger partial charge in [-0.25, -0.2) is 0 Å². The van der Waals surface area contributed by atoms with E-state index >= 15 is 0 Å². The quantitative estimate of drug-likeness (QED) is 0.681. The Morgan fingerprint density at radius 3 is 2.58 bits per heavy atom. The largest absolute Gasteiger partial charge is 0.481 e. The molecule has 0 heterocycles. The summed E-state index contributed by atoms with van der Waals surface area (Å²) in [4.78, 5) is 12.3. The molecule has 2 rings (SSSR count). The molecule has 1 atom stereocenters. The third-order valence-electron chi connectivity index (χ3n) is 4.50. The summed E-state index contributed by atoms with van der Waals surface area (Å²) in [6, 6.07) is 12.5. The first-order chi connectivity index (χ1) is 12.4. The van der Waals surface area contributed by atoms with Crippen LogP contribution in [0, 0.1) is 27.7 Å². The van der Waals surface area contributed by atoms with Crippen LogP contribution < -0.4 is 10.1 Å². The number of hydrogen-bond acceptors (Lipinski definition) is 3. The van der Waals surface area contributed by atoms with Crippen molar-refractivity contribution in [1.82, 2.24) is 5.32 Å². The van der Waals surface area contributed by atoms with Crippen LogP contribution in [0.5, 0.6) is 5.75 Å². The van der Waals surface area contributed by atoms with Gasteiger partial charge in [-0.1, -0.05) is 30.3 Å². The molecule has 0 aliphatic heterocycles. The van der Waals surface area contributed by atoms with Crippen LogP contribution in [-0.2, 0) is 10.5 Å². The number of thioether (sulfide) groups is 1. The molecule has 26 heavy (non-hydrogen) atoms. The van der Waals surface area contributed by atoms with E-state index in [1.54, 1.807) is 6.92 Å². The van der Waals surface area contributed by atoms with Crippen molar-refractivity contribution in [2.75, 3.05) is 12.3 Å². The number of carbonyl (C=O) groups is 1.